The van der Waals surface area contributed by atoms with Gasteiger partial charge in [0.2, 0.25) is 0 Å². The van der Waals surface area contributed by atoms with Crippen LogP contribution in [-0.2, 0) is 0 Å². The van der Waals surface area contributed by atoms with Gasteiger partial charge >= 0.3 is 0 Å². The number of phenolic OH excluding ortho intramolecular Hbond substituents is 1. The molecule has 4 rings (SSSR count). The Hall–Kier alpha value is -3.00. The van der Waals surface area contributed by atoms with Crippen molar-refractivity contribution in [3.63, 3.8) is 0 Å². The lowest BCUT2D eigenvalue weighted by atomic mass is 9.97. The molecule has 1 saturated heterocycles. The van der Waals surface area contributed by atoms with Gasteiger partial charge in [0.1, 0.15) is 5.75 Å². The first kappa shape index (κ1) is 22.7. The molecular weight excluding hydrogens is 416 g/mol. The van der Waals surface area contributed by atoms with Crippen LogP contribution >= 0.6 is 12.4 Å². The van der Waals surface area contributed by atoms with Gasteiger partial charge in [0.15, 0.2) is 5.78 Å². The Labute approximate surface area is 186 Å². The van der Waals surface area contributed by atoms with E-state index in [0.717, 1.165) is 19.4 Å². The number of nitrogens with one attached hydrogen (secondary N) is 2. The Morgan fingerprint density at radius 1 is 1.10 bits per heavy atom. The van der Waals surface area contributed by atoms with Crippen LogP contribution in [0, 0.1) is 0 Å². The third kappa shape index (κ3) is 4.85. The number of pyridine rings is 1. The molecule has 1 aromatic heterocycles. The van der Waals surface area contributed by atoms with Gasteiger partial charge in [-0.2, -0.15) is 0 Å². The monoisotopic (exact) mass is 440 g/mol. The molecule has 3 aromatic rings. The molecular formula is C23H25ClN4O3. The van der Waals surface area contributed by atoms with E-state index in [1.807, 2.05) is 0 Å². The molecule has 0 spiro atoms. The topological polar surface area (TPSA) is 117 Å². The molecule has 31 heavy (non-hydrogen) atoms. The number of aromatic hydroxyl groups is 1. The molecule has 0 bridgehead atoms. The lowest BCUT2D eigenvalue weighted by Gasteiger charge is -2.22. The van der Waals surface area contributed by atoms with Crippen LogP contribution in [0.2, 0.25) is 0 Å². The normalized spacial score (nSPS) is 18.6. The summed E-state index contributed by atoms with van der Waals surface area (Å²) in [7, 11) is 0. The van der Waals surface area contributed by atoms with E-state index < -0.39 is 0 Å². The standard InChI is InChI=1S/C23H24N4O3.ClH/c24-17-13-25-11-2-4-19(17)27-23(30)15-7-5-14(6-8-15)22(29)21-16-3-1-12-26-18(16)9-10-20(21)28;/h1,3,5-10,12,17,19,25,28H,2,4,11,13,24H2,(H,27,30);1H/t17-,19-;/m1./s1. The predicted octanol–water partition coefficient (Wildman–Crippen LogP) is 2.40. The second-order valence-corrected chi connectivity index (χ2v) is 7.53. The molecule has 2 aromatic carbocycles. The van der Waals surface area contributed by atoms with Crippen LogP contribution in [0.3, 0.4) is 0 Å². The van der Waals surface area contributed by atoms with Crippen molar-refractivity contribution in [2.24, 2.45) is 5.73 Å². The summed E-state index contributed by atoms with van der Waals surface area (Å²) in [6.45, 7) is 1.56. The van der Waals surface area contributed by atoms with E-state index in [0.29, 0.717) is 28.6 Å². The molecule has 7 nitrogen and oxygen atoms in total. The minimum Gasteiger partial charge on any atom is -0.507 e. The van der Waals surface area contributed by atoms with Gasteiger partial charge in [0, 0.05) is 41.3 Å². The summed E-state index contributed by atoms with van der Waals surface area (Å²) in [5, 5.41) is 17.1. The molecule has 162 valence electrons. The summed E-state index contributed by atoms with van der Waals surface area (Å²) in [6.07, 6.45) is 3.41. The number of nitrogens with two attached hydrogens (primary N) is 1. The quantitative estimate of drug-likeness (QED) is 0.463. The molecule has 1 fully saturated rings. The van der Waals surface area contributed by atoms with Crippen LogP contribution in [-0.4, -0.2) is 47.0 Å². The maximum Gasteiger partial charge on any atom is 0.251 e. The molecule has 0 unspecified atom stereocenters. The molecule has 1 aliphatic rings. The SMILES string of the molecule is Cl.N[C@@H]1CNCCC[C@H]1NC(=O)c1ccc(C(=O)c2c(O)ccc3ncccc23)cc1. The highest BCUT2D eigenvalue weighted by Gasteiger charge is 2.23. The lowest BCUT2D eigenvalue weighted by Crippen LogP contribution is -2.50. The zero-order valence-corrected chi connectivity index (χ0v) is 17.7. The molecule has 2 atom stereocenters. The lowest BCUT2D eigenvalue weighted by molar-refractivity contribution is 0.0928. The minimum absolute atomic E-state index is 0. The Balaban J connectivity index is 0.00000272. The van der Waals surface area contributed by atoms with Crippen molar-refractivity contribution in [2.75, 3.05) is 13.1 Å². The second-order valence-electron chi connectivity index (χ2n) is 7.53. The van der Waals surface area contributed by atoms with Crippen molar-refractivity contribution in [1.82, 2.24) is 15.6 Å². The van der Waals surface area contributed by atoms with E-state index in [9.17, 15) is 14.7 Å². The zero-order valence-electron chi connectivity index (χ0n) is 16.9. The van der Waals surface area contributed by atoms with Crippen LogP contribution in [0.5, 0.6) is 5.75 Å². The summed E-state index contributed by atoms with van der Waals surface area (Å²) in [5.41, 5.74) is 7.82. The van der Waals surface area contributed by atoms with Crippen molar-refractivity contribution < 1.29 is 14.7 Å². The number of fused-ring (bicyclic) bond motifs is 1. The Morgan fingerprint density at radius 3 is 2.61 bits per heavy atom. The number of hydrogen-bond donors (Lipinski definition) is 4. The van der Waals surface area contributed by atoms with Crippen molar-refractivity contribution in [3.8, 4) is 5.75 Å². The van der Waals surface area contributed by atoms with Crippen LogP contribution in [0.25, 0.3) is 10.9 Å². The number of phenols is 1. The number of nitrogens with zero attached hydrogens (tertiary/aromatic N) is 1. The highest BCUT2D eigenvalue weighted by atomic mass is 35.5. The number of benzene rings is 2. The maximum absolute atomic E-state index is 13.0. The number of ketones is 1. The van der Waals surface area contributed by atoms with Crippen LogP contribution in [0.15, 0.2) is 54.7 Å². The summed E-state index contributed by atoms with van der Waals surface area (Å²) in [4.78, 5) is 29.9. The maximum atomic E-state index is 13.0. The fraction of sp³-hybridized carbons (Fsp3) is 0.261. The fourth-order valence-electron chi connectivity index (χ4n) is 3.80. The van der Waals surface area contributed by atoms with E-state index in [1.165, 1.54) is 6.07 Å². The molecule has 8 heteroatoms. The summed E-state index contributed by atoms with van der Waals surface area (Å²) in [6, 6.07) is 12.8. The molecule has 0 saturated carbocycles. The number of amides is 1. The minimum atomic E-state index is -0.324. The van der Waals surface area contributed by atoms with E-state index in [2.05, 4.69) is 15.6 Å². The zero-order chi connectivity index (χ0) is 21.1. The molecule has 5 N–H and O–H groups in total. The fourth-order valence-corrected chi connectivity index (χ4v) is 3.80. The average molecular weight is 441 g/mol. The average Bonchev–Trinajstić information content (AvgIpc) is 2.97. The van der Waals surface area contributed by atoms with Gasteiger partial charge < -0.3 is 21.5 Å². The van der Waals surface area contributed by atoms with Gasteiger partial charge in [-0.1, -0.05) is 18.2 Å². The van der Waals surface area contributed by atoms with Crippen molar-refractivity contribution in [1.29, 1.82) is 0 Å². The Morgan fingerprint density at radius 2 is 1.84 bits per heavy atom. The third-order valence-electron chi connectivity index (χ3n) is 5.48. The predicted molar refractivity (Wildman–Crippen MR) is 122 cm³/mol. The first-order chi connectivity index (χ1) is 14.5. The van der Waals surface area contributed by atoms with Gasteiger partial charge in [-0.15, -0.1) is 12.4 Å². The smallest absolute Gasteiger partial charge is 0.251 e. The summed E-state index contributed by atoms with van der Waals surface area (Å²) in [5.74, 6) is -0.637. The number of halogens is 1. The van der Waals surface area contributed by atoms with Gasteiger partial charge in [0.05, 0.1) is 11.1 Å². The summed E-state index contributed by atoms with van der Waals surface area (Å²) >= 11 is 0. The van der Waals surface area contributed by atoms with E-state index >= 15 is 0 Å². The van der Waals surface area contributed by atoms with Gasteiger partial charge in [-0.25, -0.2) is 0 Å². The van der Waals surface area contributed by atoms with Gasteiger partial charge in [0.25, 0.3) is 5.91 Å². The molecule has 0 radical (unpaired) electrons. The Bertz CT molecular complexity index is 1090. The number of hydrogen-bond acceptors (Lipinski definition) is 6. The van der Waals surface area contributed by atoms with Crippen molar-refractivity contribution in [2.45, 2.75) is 24.9 Å². The van der Waals surface area contributed by atoms with Crippen molar-refractivity contribution in [3.05, 3.63) is 71.4 Å². The first-order valence-electron chi connectivity index (χ1n) is 10.0. The third-order valence-corrected chi connectivity index (χ3v) is 5.48. The molecule has 1 aliphatic heterocycles. The van der Waals surface area contributed by atoms with Gasteiger partial charge in [-0.3, -0.25) is 14.6 Å². The van der Waals surface area contributed by atoms with Gasteiger partial charge in [-0.05, 0) is 49.7 Å². The van der Waals surface area contributed by atoms with Crippen LogP contribution in [0.4, 0.5) is 0 Å². The summed E-state index contributed by atoms with van der Waals surface area (Å²) < 4.78 is 0. The largest absolute Gasteiger partial charge is 0.507 e. The van der Waals surface area contributed by atoms with Crippen LogP contribution in [0.1, 0.15) is 39.1 Å². The number of carbonyl (C=O) groups is 2. The van der Waals surface area contributed by atoms with E-state index in [4.69, 9.17) is 5.73 Å². The molecule has 1 amide bonds. The highest BCUT2D eigenvalue weighted by Crippen LogP contribution is 2.28. The Kier molecular flexibility index (Phi) is 7.22. The van der Waals surface area contributed by atoms with Crippen molar-refractivity contribution >= 4 is 35.0 Å². The second kappa shape index (κ2) is 9.87. The number of rotatable bonds is 4. The number of carbonyl (C=O) groups excluding carboxylic acids is 2. The van der Waals surface area contributed by atoms with E-state index in [1.54, 1.807) is 48.7 Å². The van der Waals surface area contributed by atoms with Crippen LogP contribution < -0.4 is 16.4 Å². The van der Waals surface area contributed by atoms with E-state index in [-0.39, 0.29) is 47.5 Å². The highest BCUT2D eigenvalue weighted by molar-refractivity contribution is 6.18. The molecule has 0 aliphatic carbocycles. The number of aromatic nitrogens is 1. The molecule has 2 heterocycles. The first-order valence-corrected chi connectivity index (χ1v) is 10.0.